The van der Waals surface area contributed by atoms with Crippen LogP contribution in [0.4, 0.5) is 9.59 Å². The first-order valence-electron chi connectivity index (χ1n) is 22.3. The molecule has 0 aliphatic carbocycles. The highest BCUT2D eigenvalue weighted by molar-refractivity contribution is 5.87. The molecule has 0 saturated heterocycles. The summed E-state index contributed by atoms with van der Waals surface area (Å²) in [6.45, 7) is 9.14. The lowest BCUT2D eigenvalue weighted by molar-refractivity contribution is -0.159. The molecule has 0 aromatic heterocycles. The van der Waals surface area contributed by atoms with E-state index in [4.69, 9.17) is 33.2 Å². The van der Waals surface area contributed by atoms with Crippen molar-refractivity contribution >= 4 is 41.8 Å². The fourth-order valence-electron chi connectivity index (χ4n) is 5.48. The molecule has 0 radical (unpaired) electrons. The molecule has 0 aliphatic heterocycles. The van der Waals surface area contributed by atoms with Gasteiger partial charge in [-0.3, -0.25) is 19.2 Å². The lowest BCUT2D eigenvalue weighted by Gasteiger charge is -2.24. The Bertz CT molecular complexity index is 1700. The first-order valence-corrected chi connectivity index (χ1v) is 22.3. The molecule has 6 amide bonds. The Kier molecular flexibility index (Phi) is 30.2. The molecule has 0 heterocycles. The molecule has 2 rings (SSSR count). The third kappa shape index (κ3) is 31.9. The Hall–Kier alpha value is -5.83. The number of alkyl carbamates (subject to hydrolysis) is 2. The van der Waals surface area contributed by atoms with E-state index in [1.165, 1.54) is 0 Å². The van der Waals surface area contributed by atoms with Gasteiger partial charge in [-0.25, -0.2) is 14.4 Å². The van der Waals surface area contributed by atoms with Crippen molar-refractivity contribution in [3.8, 4) is 0 Å². The molecule has 20 heteroatoms. The summed E-state index contributed by atoms with van der Waals surface area (Å²) in [5, 5.41) is 16.0. The number of amides is 6. The number of hydrogen-bond acceptors (Lipinski definition) is 14. The van der Waals surface area contributed by atoms with Crippen LogP contribution in [-0.2, 0) is 70.3 Å². The minimum Gasteiger partial charge on any atom is -0.458 e. The minimum atomic E-state index is -0.944. The van der Waals surface area contributed by atoms with E-state index in [1.807, 2.05) is 60.7 Å². The van der Waals surface area contributed by atoms with Gasteiger partial charge in [-0.1, -0.05) is 60.7 Å². The maximum absolute atomic E-state index is 12.9. The number of benzene rings is 2. The monoisotopic (exact) mass is 930 g/mol. The van der Waals surface area contributed by atoms with Crippen LogP contribution in [0.15, 0.2) is 60.7 Å². The third-order valence-electron chi connectivity index (χ3n) is 8.76. The van der Waals surface area contributed by atoms with Crippen LogP contribution in [-0.4, -0.2) is 139 Å². The largest absolute Gasteiger partial charge is 0.458 e. The highest BCUT2D eigenvalue weighted by Gasteiger charge is 2.26. The third-order valence-corrected chi connectivity index (χ3v) is 8.76. The predicted molar refractivity (Wildman–Crippen MR) is 242 cm³/mol. The number of rotatable bonds is 35. The normalized spacial score (nSPS) is 11.4. The van der Waals surface area contributed by atoms with E-state index in [2.05, 4.69) is 31.9 Å². The van der Waals surface area contributed by atoms with Crippen molar-refractivity contribution in [2.75, 3.05) is 85.6 Å². The highest BCUT2D eigenvalue weighted by Crippen LogP contribution is 2.12. The maximum Gasteiger partial charge on any atom is 0.407 e. The second-order valence-electron chi connectivity index (χ2n) is 15.6. The van der Waals surface area contributed by atoms with E-state index in [-0.39, 0.29) is 122 Å². The van der Waals surface area contributed by atoms with Gasteiger partial charge in [0.15, 0.2) is 0 Å². The molecule has 0 spiro atoms. The topological polar surface area (TPSA) is 256 Å². The number of nitrogens with one attached hydrogen (secondary N) is 6. The molecule has 2 aromatic carbocycles. The summed E-state index contributed by atoms with van der Waals surface area (Å²) >= 11 is 0. The highest BCUT2D eigenvalue weighted by atomic mass is 16.6. The van der Waals surface area contributed by atoms with E-state index in [0.717, 1.165) is 11.1 Å². The van der Waals surface area contributed by atoms with E-state index in [1.54, 1.807) is 20.8 Å². The van der Waals surface area contributed by atoms with Crippen LogP contribution in [0.2, 0.25) is 0 Å². The fourth-order valence-corrected chi connectivity index (χ4v) is 5.48. The Morgan fingerprint density at radius 3 is 1.26 bits per heavy atom. The van der Waals surface area contributed by atoms with Gasteiger partial charge in [-0.05, 0) is 51.2 Å². The zero-order valence-electron chi connectivity index (χ0n) is 38.6. The first kappa shape index (κ1) is 56.3. The predicted octanol–water partition coefficient (Wildman–Crippen LogP) is 2.81. The average molecular weight is 931 g/mol. The maximum atomic E-state index is 12.9. The van der Waals surface area contributed by atoms with E-state index < -0.39 is 35.7 Å². The Morgan fingerprint density at radius 1 is 0.470 bits per heavy atom. The second kappa shape index (κ2) is 35.4. The van der Waals surface area contributed by atoms with Crippen LogP contribution >= 0.6 is 0 Å². The van der Waals surface area contributed by atoms with E-state index in [0.29, 0.717) is 39.2 Å². The summed E-state index contributed by atoms with van der Waals surface area (Å²) in [4.78, 5) is 85.9. The molecule has 6 N–H and O–H groups in total. The lowest BCUT2D eigenvalue weighted by atomic mass is 10.1. The molecular weight excluding hydrogens is 861 g/mol. The SMILES string of the molecule is CC(C)(C)OC(=O)[C@H](CCCCNC(=O)CCC(=O)NCCOCCOCCNC(=O)OCc1ccccc1)NC(=O)CCC(=O)NCCOCCOCCNC(=O)OCc1ccccc1. The van der Waals surface area contributed by atoms with Crippen molar-refractivity contribution in [1.82, 2.24) is 31.9 Å². The van der Waals surface area contributed by atoms with Crippen LogP contribution in [0.5, 0.6) is 0 Å². The second-order valence-corrected chi connectivity index (χ2v) is 15.6. The number of unbranched alkanes of at least 4 members (excludes halogenated alkanes) is 1. The summed E-state index contributed by atoms with van der Waals surface area (Å²) < 4.78 is 37.4. The molecular formula is C46H70N6O14. The molecule has 368 valence electrons. The standard InChI is InChI=1S/C46H70N6O14/c1-46(2,3)66-43(57)38(52-42(56)20-19-41(55)49-23-27-61-31-33-63-29-25-51-45(59)65-35-37-14-8-5-9-15-37)16-10-11-21-47-39(53)17-18-40(54)48-22-26-60-30-32-62-28-24-50-44(58)64-34-36-12-6-4-7-13-36/h4-9,12-15,38H,10-11,16-35H2,1-3H3,(H,47,53)(H,48,54)(H,49,55)(H,50,58)(H,51,59)(H,52,56)/t38-/m0/s1. The molecule has 66 heavy (non-hydrogen) atoms. The van der Waals surface area contributed by atoms with Crippen molar-refractivity contribution in [2.24, 2.45) is 0 Å². The zero-order valence-corrected chi connectivity index (χ0v) is 38.6. The molecule has 0 bridgehead atoms. The van der Waals surface area contributed by atoms with Crippen molar-refractivity contribution < 1.29 is 66.7 Å². The molecule has 0 aliphatic rings. The van der Waals surface area contributed by atoms with Gasteiger partial charge >= 0.3 is 18.2 Å². The summed E-state index contributed by atoms with van der Waals surface area (Å²) in [7, 11) is 0. The molecule has 20 nitrogen and oxygen atoms in total. The van der Waals surface area contributed by atoms with Crippen molar-refractivity contribution in [3.63, 3.8) is 0 Å². The van der Waals surface area contributed by atoms with Crippen LogP contribution in [0, 0.1) is 0 Å². The van der Waals surface area contributed by atoms with Gasteiger partial charge in [0.1, 0.15) is 24.9 Å². The smallest absolute Gasteiger partial charge is 0.407 e. The van der Waals surface area contributed by atoms with Crippen LogP contribution in [0.3, 0.4) is 0 Å². The summed E-state index contributed by atoms with van der Waals surface area (Å²) in [6.07, 6.45) is -0.0714. The molecule has 0 fully saturated rings. The van der Waals surface area contributed by atoms with Gasteiger partial charge in [0, 0.05) is 58.4 Å². The number of ether oxygens (including phenoxy) is 7. The fraction of sp³-hybridized carbons (Fsp3) is 0.587. The van der Waals surface area contributed by atoms with Crippen molar-refractivity contribution in [3.05, 3.63) is 71.8 Å². The molecule has 0 saturated carbocycles. The van der Waals surface area contributed by atoms with Crippen LogP contribution in [0.25, 0.3) is 0 Å². The Labute approximate surface area is 387 Å². The molecule has 2 aromatic rings. The Balaban J connectivity index is 1.46. The van der Waals surface area contributed by atoms with Crippen molar-refractivity contribution in [1.29, 1.82) is 0 Å². The number of esters is 1. The number of carbonyl (C=O) groups excluding carboxylic acids is 7. The lowest BCUT2D eigenvalue weighted by Crippen LogP contribution is -2.44. The van der Waals surface area contributed by atoms with Crippen molar-refractivity contribution in [2.45, 2.75) is 90.6 Å². The van der Waals surface area contributed by atoms with Gasteiger partial charge in [0.2, 0.25) is 23.6 Å². The molecule has 1 atom stereocenters. The van der Waals surface area contributed by atoms with Gasteiger partial charge < -0.3 is 65.1 Å². The summed E-state index contributed by atoms with van der Waals surface area (Å²) in [6, 6.07) is 17.7. The van der Waals surface area contributed by atoms with Gasteiger partial charge in [-0.15, -0.1) is 0 Å². The minimum absolute atomic E-state index is 0.00144. The van der Waals surface area contributed by atoms with Gasteiger partial charge in [-0.2, -0.15) is 0 Å². The van der Waals surface area contributed by atoms with Crippen LogP contribution in [0.1, 0.15) is 76.8 Å². The van der Waals surface area contributed by atoms with E-state index in [9.17, 15) is 33.6 Å². The average Bonchev–Trinajstić information content (AvgIpc) is 3.29. The van der Waals surface area contributed by atoms with Gasteiger partial charge in [0.25, 0.3) is 0 Å². The van der Waals surface area contributed by atoms with E-state index >= 15 is 0 Å². The molecule has 0 unspecified atom stereocenters. The quantitative estimate of drug-likeness (QED) is 0.0330. The number of hydrogen-bond donors (Lipinski definition) is 6. The Morgan fingerprint density at radius 2 is 0.848 bits per heavy atom. The zero-order chi connectivity index (χ0) is 48.1. The summed E-state index contributed by atoms with van der Waals surface area (Å²) in [5.74, 6) is -2.03. The summed E-state index contributed by atoms with van der Waals surface area (Å²) in [5.41, 5.74) is 0.999. The van der Waals surface area contributed by atoms with Gasteiger partial charge in [0.05, 0.1) is 52.9 Å². The first-order chi connectivity index (χ1) is 31.8. The van der Waals surface area contributed by atoms with Crippen LogP contribution < -0.4 is 31.9 Å². The number of carbonyl (C=O) groups is 7.